The van der Waals surface area contributed by atoms with Crippen molar-refractivity contribution in [2.75, 3.05) is 0 Å². The zero-order valence-corrected chi connectivity index (χ0v) is 21.1. The maximum absolute atomic E-state index is 13.5. The summed E-state index contributed by atoms with van der Waals surface area (Å²) in [6.07, 6.45) is 7.13. The molecule has 1 aliphatic heterocycles. The van der Waals surface area contributed by atoms with Crippen LogP contribution in [0, 0.1) is 5.82 Å². The molecule has 0 saturated heterocycles. The average Bonchev–Trinajstić information content (AvgIpc) is 3.74. The number of imidazole rings is 1. The van der Waals surface area contributed by atoms with Gasteiger partial charge in [-0.25, -0.2) is 14.2 Å². The highest BCUT2D eigenvalue weighted by Gasteiger charge is 2.51. The molecule has 5 aromatic heterocycles. The summed E-state index contributed by atoms with van der Waals surface area (Å²) in [7, 11) is 1.83. The van der Waals surface area contributed by atoms with E-state index >= 15 is 0 Å². The van der Waals surface area contributed by atoms with Crippen molar-refractivity contribution in [1.82, 2.24) is 44.8 Å². The van der Waals surface area contributed by atoms with Gasteiger partial charge in [-0.3, -0.25) is 15.0 Å². The van der Waals surface area contributed by atoms with Crippen LogP contribution in [0.3, 0.4) is 0 Å². The summed E-state index contributed by atoms with van der Waals surface area (Å²) < 4.78 is 22.3. The van der Waals surface area contributed by atoms with Gasteiger partial charge >= 0.3 is 5.76 Å². The molecule has 0 bridgehead atoms. The number of H-pyrrole nitrogens is 2. The molecule has 0 saturated carbocycles. The first-order valence-electron chi connectivity index (χ1n) is 12.6. The van der Waals surface area contributed by atoms with Gasteiger partial charge in [0.15, 0.2) is 5.54 Å². The van der Waals surface area contributed by atoms with Crippen molar-refractivity contribution in [3.63, 3.8) is 0 Å². The van der Waals surface area contributed by atoms with Crippen molar-refractivity contribution in [3.05, 3.63) is 106 Å². The molecule has 12 heteroatoms. The Kier molecular flexibility index (Phi) is 5.13. The third-order valence-corrected chi connectivity index (χ3v) is 7.27. The van der Waals surface area contributed by atoms with Crippen LogP contribution in [0.15, 0.2) is 70.4 Å². The van der Waals surface area contributed by atoms with E-state index in [4.69, 9.17) is 9.40 Å². The monoisotopic (exact) mass is 525 g/mol. The standard InChI is InChI=1S/C27H24FN9O2/c1-3-37-26(38)39-25(35-37)27(15-11-31-36(2)14-15)23-18(17-6-4-5-7-19(17)32-23)10-21(34-27)24-30-13-22(33-24)20-9-8-16(28)12-29-20/h4-9,11-14,21,32,34H,3,10H2,1-2H3,(H,30,33)/t21-,27?/m1/s1. The number of aromatic amines is 2. The van der Waals surface area contributed by atoms with Gasteiger partial charge in [-0.15, -0.1) is 5.10 Å². The number of nitrogens with zero attached hydrogens (tertiary/aromatic N) is 6. The van der Waals surface area contributed by atoms with Gasteiger partial charge < -0.3 is 14.4 Å². The Morgan fingerprint density at radius 2 is 2.05 bits per heavy atom. The van der Waals surface area contributed by atoms with Gasteiger partial charge in [-0.1, -0.05) is 18.2 Å². The van der Waals surface area contributed by atoms with E-state index in [1.807, 2.05) is 38.4 Å². The van der Waals surface area contributed by atoms with E-state index in [0.717, 1.165) is 27.7 Å². The van der Waals surface area contributed by atoms with Crippen molar-refractivity contribution >= 4 is 10.9 Å². The number of hydrogen-bond donors (Lipinski definition) is 3. The lowest BCUT2D eigenvalue weighted by molar-refractivity contribution is 0.284. The molecule has 1 unspecified atom stereocenters. The number of nitrogens with one attached hydrogen (secondary N) is 3. The number of rotatable bonds is 5. The van der Waals surface area contributed by atoms with Crippen LogP contribution < -0.4 is 11.1 Å². The molecular weight excluding hydrogens is 501 g/mol. The summed E-state index contributed by atoms with van der Waals surface area (Å²) >= 11 is 0. The number of fused-ring (bicyclic) bond motifs is 3. The fraction of sp³-hybridized carbons (Fsp3) is 0.222. The molecule has 196 valence electrons. The van der Waals surface area contributed by atoms with E-state index in [0.29, 0.717) is 30.2 Å². The fourth-order valence-electron chi connectivity index (χ4n) is 5.45. The Bertz CT molecular complexity index is 1880. The maximum atomic E-state index is 13.5. The quantitative estimate of drug-likeness (QED) is 0.315. The molecule has 39 heavy (non-hydrogen) atoms. The van der Waals surface area contributed by atoms with Crippen molar-refractivity contribution in [2.45, 2.75) is 31.5 Å². The molecule has 7 rings (SSSR count). The van der Waals surface area contributed by atoms with Crippen LogP contribution in [-0.2, 0) is 25.6 Å². The summed E-state index contributed by atoms with van der Waals surface area (Å²) in [5, 5.41) is 13.8. The van der Waals surface area contributed by atoms with E-state index < -0.39 is 17.1 Å². The highest BCUT2D eigenvalue weighted by Crippen LogP contribution is 2.45. The maximum Gasteiger partial charge on any atom is 0.437 e. The number of halogens is 1. The predicted octanol–water partition coefficient (Wildman–Crippen LogP) is 3.17. The van der Waals surface area contributed by atoms with Gasteiger partial charge in [0.2, 0.25) is 5.89 Å². The third kappa shape index (κ3) is 3.56. The fourth-order valence-corrected chi connectivity index (χ4v) is 5.45. The first-order chi connectivity index (χ1) is 19.0. The molecule has 1 aromatic carbocycles. The van der Waals surface area contributed by atoms with Crippen molar-refractivity contribution in [3.8, 4) is 11.4 Å². The van der Waals surface area contributed by atoms with Crippen LogP contribution in [0.4, 0.5) is 4.39 Å². The minimum absolute atomic E-state index is 0.201. The zero-order valence-electron chi connectivity index (χ0n) is 21.1. The largest absolute Gasteiger partial charge is 0.437 e. The molecule has 0 aliphatic carbocycles. The highest BCUT2D eigenvalue weighted by molar-refractivity contribution is 5.86. The number of aromatic nitrogens is 8. The number of pyridine rings is 1. The smallest absolute Gasteiger partial charge is 0.389 e. The van der Waals surface area contributed by atoms with Crippen molar-refractivity contribution in [2.24, 2.45) is 7.05 Å². The SMILES string of the molecule is CCn1nc(C2(c3cnn(C)c3)N[C@@H](c3nc(-c4ccc(F)cn4)c[nH]3)Cc3c2[nH]c2ccccc32)oc1=O. The molecule has 0 amide bonds. The van der Waals surface area contributed by atoms with E-state index in [2.05, 4.69) is 36.5 Å². The van der Waals surface area contributed by atoms with Gasteiger partial charge in [-0.2, -0.15) is 9.78 Å². The lowest BCUT2D eigenvalue weighted by Gasteiger charge is -2.38. The van der Waals surface area contributed by atoms with Crippen LogP contribution in [0.2, 0.25) is 0 Å². The first kappa shape index (κ1) is 23.3. The molecule has 2 atom stereocenters. The Labute approximate surface area is 220 Å². The van der Waals surface area contributed by atoms with Crippen LogP contribution in [0.1, 0.15) is 41.5 Å². The van der Waals surface area contributed by atoms with Crippen molar-refractivity contribution in [1.29, 1.82) is 0 Å². The Balaban J connectivity index is 1.46. The average molecular weight is 526 g/mol. The summed E-state index contributed by atoms with van der Waals surface area (Å²) in [5.74, 6) is -0.103. The van der Waals surface area contributed by atoms with E-state index in [9.17, 15) is 9.18 Å². The molecule has 1 aliphatic rings. The number of aryl methyl sites for hydroxylation is 2. The molecule has 0 radical (unpaired) electrons. The molecule has 0 fully saturated rings. The van der Waals surface area contributed by atoms with E-state index in [-0.39, 0.29) is 11.9 Å². The van der Waals surface area contributed by atoms with E-state index in [1.165, 1.54) is 16.9 Å². The second kappa shape index (κ2) is 8.60. The van der Waals surface area contributed by atoms with E-state index in [1.54, 1.807) is 23.1 Å². The summed E-state index contributed by atoms with van der Waals surface area (Å²) in [6, 6.07) is 10.7. The van der Waals surface area contributed by atoms with Crippen LogP contribution in [0.5, 0.6) is 0 Å². The molecule has 6 aromatic rings. The molecule has 3 N–H and O–H groups in total. The van der Waals surface area contributed by atoms with Crippen LogP contribution in [-0.4, -0.2) is 39.5 Å². The predicted molar refractivity (Wildman–Crippen MR) is 139 cm³/mol. The minimum Gasteiger partial charge on any atom is -0.389 e. The number of hydrogen-bond acceptors (Lipinski definition) is 7. The second-order valence-corrected chi connectivity index (χ2v) is 9.60. The van der Waals surface area contributed by atoms with Gasteiger partial charge in [-0.05, 0) is 37.1 Å². The lowest BCUT2D eigenvalue weighted by atomic mass is 9.79. The van der Waals surface area contributed by atoms with Crippen molar-refractivity contribution < 1.29 is 8.81 Å². The highest BCUT2D eigenvalue weighted by atomic mass is 19.1. The number of para-hydroxylation sites is 1. The molecular formula is C27H24FN9O2. The zero-order chi connectivity index (χ0) is 26.7. The summed E-state index contributed by atoms with van der Waals surface area (Å²) in [4.78, 5) is 28.6. The first-order valence-corrected chi connectivity index (χ1v) is 12.6. The Morgan fingerprint density at radius 3 is 2.79 bits per heavy atom. The molecule has 0 spiro atoms. The van der Waals surface area contributed by atoms with Crippen LogP contribution in [0.25, 0.3) is 22.3 Å². The Hall–Kier alpha value is -4.84. The van der Waals surface area contributed by atoms with Gasteiger partial charge in [0.1, 0.15) is 17.3 Å². The van der Waals surface area contributed by atoms with Crippen LogP contribution >= 0.6 is 0 Å². The normalized spacial score (nSPS) is 19.0. The van der Waals surface area contributed by atoms with Gasteiger partial charge in [0.25, 0.3) is 0 Å². The molecule has 11 nitrogen and oxygen atoms in total. The topological polar surface area (TPSA) is 135 Å². The third-order valence-electron chi connectivity index (χ3n) is 7.27. The lowest BCUT2D eigenvalue weighted by Crippen LogP contribution is -2.51. The minimum atomic E-state index is -1.17. The van der Waals surface area contributed by atoms with Gasteiger partial charge in [0, 0.05) is 42.5 Å². The second-order valence-electron chi connectivity index (χ2n) is 9.60. The van der Waals surface area contributed by atoms with Gasteiger partial charge in [0.05, 0.1) is 29.8 Å². The Morgan fingerprint density at radius 1 is 1.18 bits per heavy atom. The number of benzene rings is 1. The summed E-state index contributed by atoms with van der Waals surface area (Å²) in [5.41, 5.74) is 3.53. The summed E-state index contributed by atoms with van der Waals surface area (Å²) in [6.45, 7) is 2.20. The molecule has 6 heterocycles.